The van der Waals surface area contributed by atoms with E-state index in [1.54, 1.807) is 13.0 Å². The van der Waals surface area contributed by atoms with Gasteiger partial charge in [0.25, 0.3) is 11.8 Å². The molecule has 5 heterocycles. The highest BCUT2D eigenvalue weighted by atomic mass is 35.5. The number of carbonyl (C=O) groups is 3. The molecule has 0 aliphatic carbocycles. The van der Waals surface area contributed by atoms with Gasteiger partial charge in [0, 0.05) is 48.5 Å². The van der Waals surface area contributed by atoms with Crippen LogP contribution in [0.15, 0.2) is 35.8 Å². The number of ether oxygens (including phenoxy) is 1. The molecule has 0 spiro atoms. The molecular formula is C31H31ClF6N4O4S2. The van der Waals surface area contributed by atoms with Gasteiger partial charge in [0.2, 0.25) is 11.5 Å². The van der Waals surface area contributed by atoms with E-state index >= 15 is 4.79 Å². The predicted octanol–water partition coefficient (Wildman–Crippen LogP) is 7.51. The second-order valence-electron chi connectivity index (χ2n) is 11.6. The Morgan fingerprint density at radius 2 is 1.85 bits per heavy atom. The Labute approximate surface area is 284 Å². The maximum absolute atomic E-state index is 15.1. The number of hydrogen-bond donors (Lipinski definition) is 1. The van der Waals surface area contributed by atoms with Gasteiger partial charge in [0.15, 0.2) is 0 Å². The standard InChI is InChI=1S/C31H31ClF6N4O4S2/c1-2-5-22-29(46-17-14-23(47-16-17)31(36,37)38,10-4-12-42(22)27(44)26-19(30(33,34)35)6-3-11-40-26)28(45)41-13-9-21-18(15-24(32)48-21)20(41)7-8-25(39)43/h3,6,11,14-16,20,22H,2,4-5,7-10,12-13H2,1H3,(H2,39,43)/t20?,22-,29+/m1/s1. The van der Waals surface area contributed by atoms with Gasteiger partial charge in [0.05, 0.1) is 22.0 Å². The van der Waals surface area contributed by atoms with E-state index in [4.69, 9.17) is 22.1 Å². The molecular weight excluding hydrogens is 706 g/mol. The van der Waals surface area contributed by atoms with Gasteiger partial charge in [-0.3, -0.25) is 19.4 Å². The minimum atomic E-state index is -4.91. The fourth-order valence-electron chi connectivity index (χ4n) is 6.58. The topological polar surface area (TPSA) is 106 Å². The van der Waals surface area contributed by atoms with Crippen LogP contribution in [0, 0.1) is 0 Å². The number of carbonyl (C=O) groups excluding carboxylic acids is 3. The van der Waals surface area contributed by atoms with Crippen molar-refractivity contribution in [2.75, 3.05) is 13.1 Å². The Bertz CT molecular complexity index is 1680. The van der Waals surface area contributed by atoms with Crippen molar-refractivity contribution in [1.29, 1.82) is 0 Å². The van der Waals surface area contributed by atoms with Gasteiger partial charge in [-0.05, 0) is 49.4 Å². The molecule has 1 unspecified atom stereocenters. The number of likely N-dealkylation sites (tertiary alicyclic amines) is 1. The molecule has 3 aromatic rings. The van der Waals surface area contributed by atoms with Crippen LogP contribution >= 0.6 is 34.3 Å². The van der Waals surface area contributed by atoms with Crippen LogP contribution in [0.25, 0.3) is 0 Å². The summed E-state index contributed by atoms with van der Waals surface area (Å²) in [5.74, 6) is -2.64. The number of nitrogens with two attached hydrogens (primary N) is 1. The van der Waals surface area contributed by atoms with Crippen LogP contribution in [-0.4, -0.2) is 57.2 Å². The number of alkyl halides is 6. The molecule has 0 bridgehead atoms. The minimum absolute atomic E-state index is 0.0530. The summed E-state index contributed by atoms with van der Waals surface area (Å²) in [6.45, 7) is 1.82. The van der Waals surface area contributed by atoms with Crippen LogP contribution in [0.2, 0.25) is 4.34 Å². The van der Waals surface area contributed by atoms with Crippen LogP contribution in [0.3, 0.4) is 0 Å². The van der Waals surface area contributed by atoms with Crippen molar-refractivity contribution in [3.05, 3.63) is 66.8 Å². The molecule has 1 saturated heterocycles. The zero-order valence-electron chi connectivity index (χ0n) is 25.5. The Balaban J connectivity index is 1.64. The van der Waals surface area contributed by atoms with E-state index in [1.807, 2.05) is 0 Å². The Kier molecular flexibility index (Phi) is 10.4. The fraction of sp³-hybridized carbons (Fsp3) is 0.484. The number of pyridine rings is 1. The number of nitrogens with zero attached hydrogens (tertiary/aromatic N) is 3. The minimum Gasteiger partial charge on any atom is -0.474 e. The number of piperidine rings is 1. The summed E-state index contributed by atoms with van der Waals surface area (Å²) in [6.07, 6.45) is -7.73. The highest BCUT2D eigenvalue weighted by Crippen LogP contribution is 2.46. The van der Waals surface area contributed by atoms with Crippen molar-refractivity contribution in [3.63, 3.8) is 0 Å². The second kappa shape index (κ2) is 13.9. The SMILES string of the molecule is CCC[C@H]1N(C(=O)c2ncccc2C(F)(F)F)CCC[C@@]1(Oc1csc(C(F)(F)F)c1)C(=O)N1CCc2sc(Cl)cc2C1CCC(N)=O. The van der Waals surface area contributed by atoms with E-state index < -0.39 is 63.9 Å². The molecule has 3 aromatic heterocycles. The highest BCUT2D eigenvalue weighted by Gasteiger charge is 2.57. The first-order valence-electron chi connectivity index (χ1n) is 15.1. The normalized spacial score (nSPS) is 21.6. The first-order chi connectivity index (χ1) is 22.6. The van der Waals surface area contributed by atoms with Gasteiger partial charge in [-0.15, -0.1) is 22.7 Å². The lowest BCUT2D eigenvalue weighted by Gasteiger charge is -2.51. The Morgan fingerprint density at radius 3 is 2.50 bits per heavy atom. The molecule has 0 saturated carbocycles. The maximum atomic E-state index is 15.1. The first kappa shape index (κ1) is 35.9. The third kappa shape index (κ3) is 7.15. The quantitative estimate of drug-likeness (QED) is 0.229. The lowest BCUT2D eigenvalue weighted by atomic mass is 9.79. The summed E-state index contributed by atoms with van der Waals surface area (Å²) in [5.41, 5.74) is 2.02. The molecule has 0 radical (unpaired) electrons. The van der Waals surface area contributed by atoms with Crippen molar-refractivity contribution in [3.8, 4) is 5.75 Å². The molecule has 2 aliphatic heterocycles. The van der Waals surface area contributed by atoms with E-state index in [9.17, 15) is 35.9 Å². The number of fused-ring (bicyclic) bond motifs is 1. The summed E-state index contributed by atoms with van der Waals surface area (Å²) in [4.78, 5) is 47.2. The smallest absolute Gasteiger partial charge is 0.425 e. The average molecular weight is 737 g/mol. The summed E-state index contributed by atoms with van der Waals surface area (Å²) in [7, 11) is 0. The molecule has 260 valence electrons. The molecule has 5 rings (SSSR count). The number of primary amides is 1. The molecule has 2 N–H and O–H groups in total. The van der Waals surface area contributed by atoms with E-state index in [0.717, 1.165) is 39.6 Å². The van der Waals surface area contributed by atoms with Crippen molar-refractivity contribution >= 4 is 52.0 Å². The van der Waals surface area contributed by atoms with Gasteiger partial charge in [-0.25, -0.2) is 0 Å². The second-order valence-corrected chi connectivity index (χ2v) is 14.3. The lowest BCUT2D eigenvalue weighted by molar-refractivity contribution is -0.162. The predicted molar refractivity (Wildman–Crippen MR) is 167 cm³/mol. The van der Waals surface area contributed by atoms with Gasteiger partial charge in [0.1, 0.15) is 16.3 Å². The van der Waals surface area contributed by atoms with Gasteiger partial charge >= 0.3 is 12.4 Å². The molecule has 17 heteroatoms. The number of halogens is 7. The van der Waals surface area contributed by atoms with E-state index in [1.165, 1.54) is 16.2 Å². The maximum Gasteiger partial charge on any atom is 0.425 e. The third-order valence-corrected chi connectivity index (χ3v) is 10.9. The summed E-state index contributed by atoms with van der Waals surface area (Å²) in [6, 6.07) is 2.33. The van der Waals surface area contributed by atoms with E-state index in [2.05, 4.69) is 4.98 Å². The van der Waals surface area contributed by atoms with Crippen molar-refractivity contribution in [2.24, 2.45) is 5.73 Å². The van der Waals surface area contributed by atoms with Crippen LogP contribution in [0.4, 0.5) is 26.3 Å². The highest BCUT2D eigenvalue weighted by molar-refractivity contribution is 7.16. The van der Waals surface area contributed by atoms with E-state index in [0.29, 0.717) is 34.1 Å². The number of aromatic nitrogens is 1. The van der Waals surface area contributed by atoms with Gasteiger partial charge < -0.3 is 20.3 Å². The summed E-state index contributed by atoms with van der Waals surface area (Å²) >= 11 is 8.01. The molecule has 3 amide bonds. The fourth-order valence-corrected chi connectivity index (χ4v) is 8.59. The average Bonchev–Trinajstić information content (AvgIpc) is 3.65. The zero-order chi connectivity index (χ0) is 35.0. The van der Waals surface area contributed by atoms with E-state index in [-0.39, 0.29) is 50.9 Å². The van der Waals surface area contributed by atoms with Gasteiger partial charge in [-0.1, -0.05) is 24.9 Å². The number of rotatable bonds is 9. The Morgan fingerprint density at radius 1 is 1.10 bits per heavy atom. The molecule has 0 aromatic carbocycles. The molecule has 48 heavy (non-hydrogen) atoms. The van der Waals surface area contributed by atoms with Crippen molar-refractivity contribution in [1.82, 2.24) is 14.8 Å². The van der Waals surface area contributed by atoms with Crippen LogP contribution < -0.4 is 10.5 Å². The molecule has 1 fully saturated rings. The van der Waals surface area contributed by atoms with Crippen molar-refractivity contribution in [2.45, 2.75) is 81.9 Å². The van der Waals surface area contributed by atoms with Crippen LogP contribution in [0.5, 0.6) is 5.75 Å². The Hall–Kier alpha value is -3.37. The third-order valence-electron chi connectivity index (χ3n) is 8.57. The monoisotopic (exact) mass is 736 g/mol. The lowest BCUT2D eigenvalue weighted by Crippen LogP contribution is -2.68. The van der Waals surface area contributed by atoms with Crippen LogP contribution in [-0.2, 0) is 28.4 Å². The number of amides is 3. The first-order valence-corrected chi connectivity index (χ1v) is 17.2. The number of hydrogen-bond acceptors (Lipinski definition) is 7. The molecule has 2 aliphatic rings. The molecule has 8 nitrogen and oxygen atoms in total. The molecule has 3 atom stereocenters. The largest absolute Gasteiger partial charge is 0.474 e. The number of thiophene rings is 2. The van der Waals surface area contributed by atoms with Crippen LogP contribution in [0.1, 0.15) is 82.9 Å². The zero-order valence-corrected chi connectivity index (χ0v) is 27.9. The summed E-state index contributed by atoms with van der Waals surface area (Å²) < 4.78 is 89.7. The van der Waals surface area contributed by atoms with Crippen molar-refractivity contribution < 1.29 is 45.5 Å². The van der Waals surface area contributed by atoms with Gasteiger partial charge in [-0.2, -0.15) is 26.3 Å². The summed E-state index contributed by atoms with van der Waals surface area (Å²) in [5, 5.41) is 1.11.